The van der Waals surface area contributed by atoms with Crippen LogP contribution in [-0.4, -0.2) is 26.4 Å². The fourth-order valence-corrected chi connectivity index (χ4v) is 1.71. The maximum Gasteiger partial charge on any atom is 0.293 e. The third kappa shape index (κ3) is 1.23. The molecule has 0 bridgehead atoms. The quantitative estimate of drug-likeness (QED) is 0.642. The van der Waals surface area contributed by atoms with Gasteiger partial charge in [-0.1, -0.05) is 0 Å². The molecule has 3 aromatic rings. The Hall–Kier alpha value is -2.37. The van der Waals surface area contributed by atoms with Crippen LogP contribution < -0.4 is 0 Å². The number of fused-ring (bicyclic) bond motifs is 3. The van der Waals surface area contributed by atoms with Gasteiger partial charge in [0.15, 0.2) is 0 Å². The van der Waals surface area contributed by atoms with Crippen LogP contribution in [0.1, 0.15) is 5.82 Å². The molecule has 0 saturated carbocycles. The molecule has 0 unspecified atom stereocenters. The van der Waals surface area contributed by atoms with Crippen molar-refractivity contribution < 1.29 is 9.53 Å². The molecule has 6 heteroatoms. The zero-order valence-corrected chi connectivity index (χ0v) is 8.23. The second-order valence-corrected chi connectivity index (χ2v) is 3.35. The first-order valence-electron chi connectivity index (χ1n) is 4.74. The van der Waals surface area contributed by atoms with Crippen LogP contribution in [-0.2, 0) is 16.1 Å². The standard InChI is InChI=1S/C10H8N4O2/c15-5-16-4-8-13-7-3-12-10-6(1-2-11-10)9(7)14-8/h1-3,5H,4H2,(H,11,12)(H,13,14). The van der Waals surface area contributed by atoms with E-state index in [2.05, 4.69) is 24.7 Å². The van der Waals surface area contributed by atoms with Gasteiger partial charge in [-0.05, 0) is 6.07 Å². The third-order valence-corrected chi connectivity index (χ3v) is 2.37. The number of H-pyrrole nitrogens is 2. The van der Waals surface area contributed by atoms with Crippen LogP contribution in [0.5, 0.6) is 0 Å². The van der Waals surface area contributed by atoms with Crippen LogP contribution in [0.25, 0.3) is 22.1 Å². The summed E-state index contributed by atoms with van der Waals surface area (Å²) < 4.78 is 4.64. The molecule has 0 fully saturated rings. The van der Waals surface area contributed by atoms with E-state index in [4.69, 9.17) is 0 Å². The van der Waals surface area contributed by atoms with E-state index in [9.17, 15) is 4.79 Å². The first-order chi connectivity index (χ1) is 7.88. The van der Waals surface area contributed by atoms with Crippen molar-refractivity contribution in [2.24, 2.45) is 0 Å². The molecule has 0 radical (unpaired) electrons. The van der Waals surface area contributed by atoms with Gasteiger partial charge in [-0.25, -0.2) is 9.97 Å². The Morgan fingerprint density at radius 2 is 2.44 bits per heavy atom. The summed E-state index contributed by atoms with van der Waals surface area (Å²) in [6, 6.07) is 1.91. The number of nitrogens with one attached hydrogen (secondary N) is 2. The number of imidazole rings is 1. The number of pyridine rings is 1. The van der Waals surface area contributed by atoms with Crippen molar-refractivity contribution in [2.45, 2.75) is 6.61 Å². The van der Waals surface area contributed by atoms with E-state index < -0.39 is 0 Å². The molecule has 3 heterocycles. The van der Waals surface area contributed by atoms with Crippen LogP contribution in [0.15, 0.2) is 18.5 Å². The predicted octanol–water partition coefficient (Wildman–Crippen LogP) is 1.11. The summed E-state index contributed by atoms with van der Waals surface area (Å²) in [5, 5.41) is 0.950. The predicted molar refractivity (Wildman–Crippen MR) is 56.6 cm³/mol. The van der Waals surface area contributed by atoms with Gasteiger partial charge in [-0.2, -0.15) is 0 Å². The molecular weight excluding hydrogens is 208 g/mol. The Balaban J connectivity index is 2.18. The van der Waals surface area contributed by atoms with E-state index in [1.165, 1.54) is 0 Å². The van der Waals surface area contributed by atoms with Crippen molar-refractivity contribution in [3.63, 3.8) is 0 Å². The van der Waals surface area contributed by atoms with Crippen LogP contribution in [0.2, 0.25) is 0 Å². The summed E-state index contributed by atoms with van der Waals surface area (Å²) >= 11 is 0. The lowest BCUT2D eigenvalue weighted by molar-refractivity contribution is -0.130. The maximum atomic E-state index is 10.1. The van der Waals surface area contributed by atoms with Crippen LogP contribution in [0.4, 0.5) is 0 Å². The molecule has 0 amide bonds. The van der Waals surface area contributed by atoms with Gasteiger partial charge in [0.05, 0.1) is 11.7 Å². The molecule has 3 rings (SSSR count). The van der Waals surface area contributed by atoms with Gasteiger partial charge in [0.1, 0.15) is 23.6 Å². The fourth-order valence-electron chi connectivity index (χ4n) is 1.71. The molecular formula is C10H8N4O2. The second kappa shape index (κ2) is 3.34. The Morgan fingerprint density at radius 3 is 3.31 bits per heavy atom. The van der Waals surface area contributed by atoms with Gasteiger partial charge in [0, 0.05) is 11.6 Å². The smallest absolute Gasteiger partial charge is 0.293 e. The average Bonchev–Trinajstić information content (AvgIpc) is 2.90. The molecule has 0 aliphatic rings. The molecule has 16 heavy (non-hydrogen) atoms. The number of nitrogens with zero attached hydrogens (tertiary/aromatic N) is 2. The molecule has 2 N–H and O–H groups in total. The number of carbonyl (C=O) groups excluding carboxylic acids is 1. The van der Waals surface area contributed by atoms with Crippen LogP contribution in [0.3, 0.4) is 0 Å². The number of hydrogen-bond acceptors (Lipinski definition) is 4. The van der Waals surface area contributed by atoms with E-state index >= 15 is 0 Å². The minimum atomic E-state index is 0.143. The number of carbonyl (C=O) groups is 1. The van der Waals surface area contributed by atoms with Gasteiger partial charge >= 0.3 is 0 Å². The summed E-state index contributed by atoms with van der Waals surface area (Å²) in [4.78, 5) is 24.7. The minimum Gasteiger partial charge on any atom is -0.460 e. The first kappa shape index (κ1) is 8.90. The van der Waals surface area contributed by atoms with E-state index in [0.717, 1.165) is 22.1 Å². The highest BCUT2D eigenvalue weighted by Gasteiger charge is 2.08. The highest BCUT2D eigenvalue weighted by molar-refractivity contribution is 6.00. The van der Waals surface area contributed by atoms with Crippen molar-refractivity contribution in [1.82, 2.24) is 19.9 Å². The molecule has 0 saturated heterocycles. The van der Waals surface area contributed by atoms with E-state index in [0.29, 0.717) is 12.3 Å². The Bertz CT molecular complexity index is 655. The Kier molecular flexibility index (Phi) is 1.86. The number of ether oxygens (including phenoxy) is 1. The molecule has 6 nitrogen and oxygen atoms in total. The Morgan fingerprint density at radius 1 is 1.50 bits per heavy atom. The number of aromatic nitrogens is 4. The molecule has 0 aliphatic heterocycles. The average molecular weight is 216 g/mol. The number of aromatic amines is 2. The van der Waals surface area contributed by atoms with Crippen LogP contribution in [0, 0.1) is 0 Å². The van der Waals surface area contributed by atoms with E-state index in [1.54, 1.807) is 6.20 Å². The molecule has 3 aromatic heterocycles. The second-order valence-electron chi connectivity index (χ2n) is 3.35. The van der Waals surface area contributed by atoms with Crippen molar-refractivity contribution in [2.75, 3.05) is 0 Å². The molecule has 80 valence electrons. The maximum absolute atomic E-state index is 10.1. The fraction of sp³-hybridized carbons (Fsp3) is 0.100. The SMILES string of the molecule is O=COCc1nc2c(cnc3[nH]ccc32)[nH]1. The lowest BCUT2D eigenvalue weighted by atomic mass is 10.3. The number of hydrogen-bond donors (Lipinski definition) is 2. The normalized spacial score (nSPS) is 11.0. The van der Waals surface area contributed by atoms with Crippen molar-refractivity contribution >= 4 is 28.5 Å². The van der Waals surface area contributed by atoms with Crippen molar-refractivity contribution in [3.05, 3.63) is 24.3 Å². The van der Waals surface area contributed by atoms with Gasteiger partial charge in [0.2, 0.25) is 0 Å². The first-order valence-corrected chi connectivity index (χ1v) is 4.74. The van der Waals surface area contributed by atoms with Gasteiger partial charge in [0.25, 0.3) is 6.47 Å². The summed E-state index contributed by atoms with van der Waals surface area (Å²) in [7, 11) is 0. The number of rotatable bonds is 3. The summed E-state index contributed by atoms with van der Waals surface area (Å²) in [6.45, 7) is 0.543. The Labute approximate surface area is 89.7 Å². The lowest BCUT2D eigenvalue weighted by Crippen LogP contribution is -1.91. The summed E-state index contributed by atoms with van der Waals surface area (Å²) in [6.07, 6.45) is 3.51. The van der Waals surface area contributed by atoms with Crippen molar-refractivity contribution in [1.29, 1.82) is 0 Å². The van der Waals surface area contributed by atoms with Crippen LogP contribution >= 0.6 is 0 Å². The molecule has 0 aromatic carbocycles. The summed E-state index contributed by atoms with van der Waals surface area (Å²) in [5.41, 5.74) is 2.45. The highest BCUT2D eigenvalue weighted by Crippen LogP contribution is 2.20. The zero-order chi connectivity index (χ0) is 11.0. The zero-order valence-electron chi connectivity index (χ0n) is 8.23. The molecule has 0 spiro atoms. The minimum absolute atomic E-state index is 0.143. The third-order valence-electron chi connectivity index (χ3n) is 2.37. The van der Waals surface area contributed by atoms with E-state index in [1.807, 2.05) is 12.3 Å². The molecule has 0 atom stereocenters. The lowest BCUT2D eigenvalue weighted by Gasteiger charge is -1.90. The largest absolute Gasteiger partial charge is 0.460 e. The topological polar surface area (TPSA) is 83.7 Å². The highest BCUT2D eigenvalue weighted by atomic mass is 16.5. The van der Waals surface area contributed by atoms with Gasteiger partial charge in [-0.15, -0.1) is 0 Å². The van der Waals surface area contributed by atoms with Gasteiger partial charge in [-0.3, -0.25) is 4.79 Å². The summed E-state index contributed by atoms with van der Waals surface area (Å²) in [5.74, 6) is 0.609. The van der Waals surface area contributed by atoms with Crippen molar-refractivity contribution in [3.8, 4) is 0 Å². The monoisotopic (exact) mass is 216 g/mol. The molecule has 0 aliphatic carbocycles. The van der Waals surface area contributed by atoms with E-state index in [-0.39, 0.29) is 6.61 Å². The van der Waals surface area contributed by atoms with Gasteiger partial charge < -0.3 is 14.7 Å².